The normalized spacial score (nSPS) is 13.6. The summed E-state index contributed by atoms with van der Waals surface area (Å²) in [5, 5.41) is 1.01. The van der Waals surface area contributed by atoms with E-state index in [2.05, 4.69) is 50.8 Å². The van der Waals surface area contributed by atoms with Gasteiger partial charge in [0.15, 0.2) is 6.73 Å². The highest BCUT2D eigenvalue weighted by Crippen LogP contribution is 2.38. The molecule has 4 nitrogen and oxygen atoms in total. The molecule has 2 heterocycles. The first kappa shape index (κ1) is 17.7. The monoisotopic (exact) mass is 363 g/mol. The average Bonchev–Trinajstić information content (AvgIpc) is 2.61. The van der Waals surface area contributed by atoms with Gasteiger partial charge in [0.1, 0.15) is 11.3 Å². The second kappa shape index (κ2) is 6.45. The van der Waals surface area contributed by atoms with Crippen molar-refractivity contribution >= 4 is 16.7 Å². The SMILES string of the molecule is CCc1cc(=O)oc2c(C)c3c(cc12)CN(c1c(C)cc(C)cc1C)CO3. The summed E-state index contributed by atoms with van der Waals surface area (Å²) < 4.78 is 11.7. The molecule has 2 aromatic carbocycles. The van der Waals surface area contributed by atoms with Crippen LogP contribution >= 0.6 is 0 Å². The first-order chi connectivity index (χ1) is 12.9. The minimum atomic E-state index is -0.300. The lowest BCUT2D eigenvalue weighted by Gasteiger charge is -2.34. The summed E-state index contributed by atoms with van der Waals surface area (Å²) in [6.45, 7) is 11.7. The number of fused-ring (bicyclic) bond motifs is 2. The van der Waals surface area contributed by atoms with E-state index in [0.29, 0.717) is 12.3 Å². The highest BCUT2D eigenvalue weighted by Gasteiger charge is 2.24. The Morgan fingerprint density at radius 2 is 1.74 bits per heavy atom. The van der Waals surface area contributed by atoms with Gasteiger partial charge in [-0.25, -0.2) is 4.79 Å². The molecule has 0 aliphatic carbocycles. The molecule has 0 radical (unpaired) electrons. The Hall–Kier alpha value is -2.75. The van der Waals surface area contributed by atoms with Gasteiger partial charge in [-0.2, -0.15) is 0 Å². The number of hydrogen-bond acceptors (Lipinski definition) is 4. The third kappa shape index (κ3) is 2.89. The molecule has 0 amide bonds. The fourth-order valence-electron chi connectivity index (χ4n) is 4.39. The Labute approximate surface area is 159 Å². The van der Waals surface area contributed by atoms with E-state index in [1.54, 1.807) is 6.07 Å². The van der Waals surface area contributed by atoms with Crippen molar-refractivity contribution in [3.05, 3.63) is 68.1 Å². The third-order valence-corrected chi connectivity index (χ3v) is 5.44. The van der Waals surface area contributed by atoms with Crippen molar-refractivity contribution in [2.24, 2.45) is 0 Å². The lowest BCUT2D eigenvalue weighted by Crippen LogP contribution is -2.33. The van der Waals surface area contributed by atoms with Crippen LogP contribution in [0.25, 0.3) is 11.0 Å². The van der Waals surface area contributed by atoms with E-state index in [1.165, 1.54) is 22.4 Å². The number of aryl methyl sites for hydroxylation is 5. The van der Waals surface area contributed by atoms with E-state index in [9.17, 15) is 4.79 Å². The average molecular weight is 363 g/mol. The van der Waals surface area contributed by atoms with E-state index in [0.717, 1.165) is 40.8 Å². The fourth-order valence-corrected chi connectivity index (χ4v) is 4.39. The second-order valence-electron chi connectivity index (χ2n) is 7.53. The summed E-state index contributed by atoms with van der Waals surface area (Å²) in [6, 6.07) is 8.16. The Balaban J connectivity index is 1.85. The number of nitrogens with zero attached hydrogens (tertiary/aromatic N) is 1. The van der Waals surface area contributed by atoms with E-state index >= 15 is 0 Å². The zero-order chi connectivity index (χ0) is 19.3. The Morgan fingerprint density at radius 1 is 1.04 bits per heavy atom. The highest BCUT2D eigenvalue weighted by atomic mass is 16.5. The van der Waals surface area contributed by atoms with Crippen LogP contribution in [0.2, 0.25) is 0 Å². The van der Waals surface area contributed by atoms with Crippen molar-refractivity contribution < 1.29 is 9.15 Å². The largest absolute Gasteiger partial charge is 0.472 e. The summed E-state index contributed by atoms with van der Waals surface area (Å²) in [7, 11) is 0. The summed E-state index contributed by atoms with van der Waals surface area (Å²) in [6.07, 6.45) is 0.793. The lowest BCUT2D eigenvalue weighted by atomic mass is 9.98. The molecule has 0 bridgehead atoms. The highest BCUT2D eigenvalue weighted by molar-refractivity contribution is 5.86. The van der Waals surface area contributed by atoms with Crippen LogP contribution in [-0.2, 0) is 13.0 Å². The van der Waals surface area contributed by atoms with Gasteiger partial charge in [-0.15, -0.1) is 0 Å². The van der Waals surface area contributed by atoms with Crippen LogP contribution in [-0.4, -0.2) is 6.73 Å². The van der Waals surface area contributed by atoms with Gasteiger partial charge in [-0.3, -0.25) is 0 Å². The summed E-state index contributed by atoms with van der Waals surface area (Å²) in [5.41, 5.74) is 8.44. The van der Waals surface area contributed by atoms with E-state index < -0.39 is 0 Å². The maximum atomic E-state index is 11.9. The summed E-state index contributed by atoms with van der Waals surface area (Å²) >= 11 is 0. The van der Waals surface area contributed by atoms with E-state index in [1.807, 2.05) is 6.92 Å². The van der Waals surface area contributed by atoms with Crippen molar-refractivity contribution in [1.82, 2.24) is 0 Å². The molecule has 0 saturated carbocycles. The van der Waals surface area contributed by atoms with Gasteiger partial charge in [-0.05, 0) is 56.9 Å². The number of benzene rings is 2. The summed E-state index contributed by atoms with van der Waals surface area (Å²) in [4.78, 5) is 14.2. The predicted molar refractivity (Wildman–Crippen MR) is 109 cm³/mol. The molecule has 0 saturated heterocycles. The van der Waals surface area contributed by atoms with Gasteiger partial charge in [0.25, 0.3) is 0 Å². The van der Waals surface area contributed by atoms with Gasteiger partial charge in [0.05, 0.1) is 0 Å². The molecule has 27 heavy (non-hydrogen) atoms. The molecule has 140 valence electrons. The molecule has 0 N–H and O–H groups in total. The van der Waals surface area contributed by atoms with Crippen molar-refractivity contribution in [3.63, 3.8) is 0 Å². The summed E-state index contributed by atoms with van der Waals surface area (Å²) in [5.74, 6) is 0.845. The maximum absolute atomic E-state index is 11.9. The first-order valence-electron chi connectivity index (χ1n) is 9.43. The topological polar surface area (TPSA) is 42.7 Å². The third-order valence-electron chi connectivity index (χ3n) is 5.44. The lowest BCUT2D eigenvalue weighted by molar-refractivity contribution is 0.287. The number of ether oxygens (including phenoxy) is 1. The van der Waals surface area contributed by atoms with Crippen LogP contribution in [0.3, 0.4) is 0 Å². The quantitative estimate of drug-likeness (QED) is 0.605. The minimum absolute atomic E-state index is 0.300. The molecule has 4 rings (SSSR count). The standard InChI is InChI=1S/C23H25NO3/c1-6-17-10-20(25)27-23-16(5)22-18(9-19(17)23)11-24(12-26-22)21-14(3)7-13(2)8-15(21)4/h7-10H,6,11-12H2,1-5H3. The van der Waals surface area contributed by atoms with Gasteiger partial charge in [0.2, 0.25) is 0 Å². The molecular weight excluding hydrogens is 338 g/mol. The van der Waals surface area contributed by atoms with Crippen LogP contribution in [0.15, 0.2) is 33.5 Å². The van der Waals surface area contributed by atoms with Crippen LogP contribution in [0.4, 0.5) is 5.69 Å². The molecule has 0 spiro atoms. The number of hydrogen-bond donors (Lipinski definition) is 0. The molecule has 0 unspecified atom stereocenters. The molecule has 0 fully saturated rings. The Morgan fingerprint density at radius 3 is 2.41 bits per heavy atom. The van der Waals surface area contributed by atoms with E-state index in [-0.39, 0.29) is 5.63 Å². The fraction of sp³-hybridized carbons (Fsp3) is 0.348. The smallest absolute Gasteiger partial charge is 0.336 e. The number of anilines is 1. The van der Waals surface area contributed by atoms with Gasteiger partial charge in [-0.1, -0.05) is 24.6 Å². The van der Waals surface area contributed by atoms with Crippen molar-refractivity contribution in [1.29, 1.82) is 0 Å². The van der Waals surface area contributed by atoms with Crippen molar-refractivity contribution in [2.75, 3.05) is 11.6 Å². The molecule has 1 aliphatic rings. The van der Waals surface area contributed by atoms with E-state index in [4.69, 9.17) is 9.15 Å². The molecule has 0 atom stereocenters. The molecule has 4 heteroatoms. The zero-order valence-electron chi connectivity index (χ0n) is 16.6. The molecule has 3 aromatic rings. The van der Waals surface area contributed by atoms with Gasteiger partial charge < -0.3 is 14.1 Å². The Kier molecular flexibility index (Phi) is 4.22. The van der Waals surface area contributed by atoms with Crippen LogP contribution < -0.4 is 15.3 Å². The van der Waals surface area contributed by atoms with Crippen LogP contribution in [0.1, 0.15) is 40.3 Å². The number of rotatable bonds is 2. The second-order valence-corrected chi connectivity index (χ2v) is 7.53. The molecular formula is C23H25NO3. The maximum Gasteiger partial charge on any atom is 0.336 e. The first-order valence-corrected chi connectivity index (χ1v) is 9.43. The zero-order valence-corrected chi connectivity index (χ0v) is 16.6. The predicted octanol–water partition coefficient (Wildman–Crippen LogP) is 4.95. The minimum Gasteiger partial charge on any atom is -0.472 e. The van der Waals surface area contributed by atoms with Crippen LogP contribution in [0.5, 0.6) is 5.75 Å². The van der Waals surface area contributed by atoms with Gasteiger partial charge >= 0.3 is 5.63 Å². The molecule has 1 aromatic heterocycles. The van der Waals surface area contributed by atoms with Crippen molar-refractivity contribution in [3.8, 4) is 5.75 Å². The van der Waals surface area contributed by atoms with Gasteiger partial charge in [0, 0.05) is 34.8 Å². The van der Waals surface area contributed by atoms with Crippen molar-refractivity contribution in [2.45, 2.75) is 47.6 Å². The van der Waals surface area contributed by atoms with Crippen LogP contribution in [0, 0.1) is 27.7 Å². The Bertz CT molecular complexity index is 1090. The molecule has 1 aliphatic heterocycles.